The molecule has 3 rings (SSSR count). The molecule has 1 saturated heterocycles. The maximum Gasteiger partial charge on any atom is 0.335 e. The lowest BCUT2D eigenvalue weighted by atomic mass is 9.97. The van der Waals surface area contributed by atoms with E-state index in [-0.39, 0.29) is 0 Å². The Hall–Kier alpha value is -2.53. The molecule has 0 saturated carbocycles. The lowest BCUT2D eigenvalue weighted by molar-refractivity contribution is 0.0697. The number of unbranched alkanes of at least 4 members (excludes halogenated alkanes) is 1. The van der Waals surface area contributed by atoms with E-state index in [9.17, 15) is 9.90 Å². The predicted octanol–water partition coefficient (Wildman–Crippen LogP) is 4.02. The second-order valence-corrected chi connectivity index (χ2v) is 6.87. The molecule has 0 spiro atoms. The van der Waals surface area contributed by atoms with Crippen molar-refractivity contribution in [3.8, 4) is 0 Å². The van der Waals surface area contributed by atoms with Crippen molar-refractivity contribution < 1.29 is 14.6 Å². The number of nitrogens with zero attached hydrogens (tertiary/aromatic N) is 1. The topological polar surface area (TPSA) is 61.8 Å². The molecule has 0 atom stereocenters. The van der Waals surface area contributed by atoms with Crippen LogP contribution >= 0.6 is 0 Å². The Morgan fingerprint density at radius 1 is 1.19 bits per heavy atom. The van der Waals surface area contributed by atoms with Gasteiger partial charge in [0.25, 0.3) is 0 Å². The van der Waals surface area contributed by atoms with E-state index >= 15 is 0 Å². The maximum absolute atomic E-state index is 11.7. The van der Waals surface area contributed by atoms with Gasteiger partial charge in [-0.3, -0.25) is 0 Å². The van der Waals surface area contributed by atoms with E-state index < -0.39 is 5.97 Å². The van der Waals surface area contributed by atoms with Crippen LogP contribution in [-0.2, 0) is 11.2 Å². The minimum absolute atomic E-state index is 0.326. The molecule has 0 aliphatic carbocycles. The van der Waals surface area contributed by atoms with Crippen molar-refractivity contribution in [2.24, 2.45) is 0 Å². The highest BCUT2D eigenvalue weighted by Gasteiger charge is 2.20. The molecular weight excluding hydrogens is 340 g/mol. The van der Waals surface area contributed by atoms with Crippen molar-refractivity contribution in [2.75, 3.05) is 43.1 Å². The Morgan fingerprint density at radius 3 is 2.59 bits per heavy atom. The van der Waals surface area contributed by atoms with E-state index in [2.05, 4.69) is 29.3 Å². The fourth-order valence-electron chi connectivity index (χ4n) is 3.41. The molecule has 2 aromatic carbocycles. The quantitative estimate of drug-likeness (QED) is 0.689. The number of carboxylic acids is 1. The van der Waals surface area contributed by atoms with Gasteiger partial charge in [-0.05, 0) is 24.1 Å². The van der Waals surface area contributed by atoms with Crippen LogP contribution in [-0.4, -0.2) is 43.9 Å². The molecule has 1 aliphatic heterocycles. The molecule has 1 aliphatic rings. The molecule has 144 valence electrons. The van der Waals surface area contributed by atoms with Gasteiger partial charge in [0, 0.05) is 43.0 Å². The normalized spacial score (nSPS) is 14.2. The van der Waals surface area contributed by atoms with Gasteiger partial charge in [0.15, 0.2) is 0 Å². The highest BCUT2D eigenvalue weighted by atomic mass is 16.5. The highest BCUT2D eigenvalue weighted by Crippen LogP contribution is 2.33. The van der Waals surface area contributed by atoms with Crippen LogP contribution in [0.5, 0.6) is 0 Å². The molecule has 1 fully saturated rings. The number of anilines is 2. The molecule has 0 amide bonds. The zero-order valence-electron chi connectivity index (χ0n) is 15.9. The molecule has 5 heteroatoms. The second-order valence-electron chi connectivity index (χ2n) is 6.87. The number of carboxylic acid groups (broad SMARTS) is 1. The number of ether oxygens (including phenoxy) is 1. The van der Waals surface area contributed by atoms with Crippen LogP contribution < -0.4 is 10.2 Å². The van der Waals surface area contributed by atoms with E-state index in [4.69, 9.17) is 4.74 Å². The standard InChI is InChI=1S/C22H28N2O3/c1-2-3-9-23-20-15-18(22(25)26)16-21(24-10-12-27-13-11-24)19(20)14-17-7-5-4-6-8-17/h4-8,15-16,23H,2-3,9-14H2,1H3,(H,25,26). The molecule has 2 N–H and O–H groups in total. The molecule has 0 bridgehead atoms. The summed E-state index contributed by atoms with van der Waals surface area (Å²) < 4.78 is 5.49. The second kappa shape index (κ2) is 9.42. The van der Waals surface area contributed by atoms with Crippen molar-refractivity contribution in [3.63, 3.8) is 0 Å². The average Bonchev–Trinajstić information content (AvgIpc) is 2.70. The summed E-state index contributed by atoms with van der Waals surface area (Å²) in [5, 5.41) is 13.1. The number of rotatable bonds is 8. The van der Waals surface area contributed by atoms with Gasteiger partial charge in [0.2, 0.25) is 0 Å². The van der Waals surface area contributed by atoms with Gasteiger partial charge in [0.1, 0.15) is 0 Å². The number of hydrogen-bond donors (Lipinski definition) is 2. The summed E-state index contributed by atoms with van der Waals surface area (Å²) in [6.07, 6.45) is 2.91. The van der Waals surface area contributed by atoms with Crippen LogP contribution in [0, 0.1) is 0 Å². The van der Waals surface area contributed by atoms with Crippen molar-refractivity contribution in [1.29, 1.82) is 0 Å². The van der Waals surface area contributed by atoms with Gasteiger partial charge >= 0.3 is 5.97 Å². The Kier molecular flexibility index (Phi) is 6.71. The third-order valence-electron chi connectivity index (χ3n) is 4.89. The summed E-state index contributed by atoms with van der Waals surface area (Å²) in [6.45, 7) is 5.88. The Balaban J connectivity index is 2.04. The van der Waals surface area contributed by atoms with Gasteiger partial charge in [-0.2, -0.15) is 0 Å². The van der Waals surface area contributed by atoms with Crippen molar-refractivity contribution in [1.82, 2.24) is 0 Å². The SMILES string of the molecule is CCCCNc1cc(C(=O)O)cc(N2CCOCC2)c1Cc1ccccc1. The zero-order chi connectivity index (χ0) is 19.1. The Labute approximate surface area is 161 Å². The average molecular weight is 368 g/mol. The van der Waals surface area contributed by atoms with Gasteiger partial charge in [-0.1, -0.05) is 43.7 Å². The number of aromatic carboxylic acids is 1. The minimum atomic E-state index is -0.894. The summed E-state index contributed by atoms with van der Waals surface area (Å²) >= 11 is 0. The smallest absolute Gasteiger partial charge is 0.335 e. The first-order valence-electron chi connectivity index (χ1n) is 9.69. The van der Waals surface area contributed by atoms with Gasteiger partial charge in [0.05, 0.1) is 18.8 Å². The summed E-state index contributed by atoms with van der Waals surface area (Å²) in [5.74, 6) is -0.894. The fraction of sp³-hybridized carbons (Fsp3) is 0.409. The summed E-state index contributed by atoms with van der Waals surface area (Å²) in [5.41, 5.74) is 4.62. The lowest BCUT2D eigenvalue weighted by Gasteiger charge is -2.32. The largest absolute Gasteiger partial charge is 0.478 e. The maximum atomic E-state index is 11.7. The fourth-order valence-corrected chi connectivity index (χ4v) is 3.41. The predicted molar refractivity (Wildman–Crippen MR) is 109 cm³/mol. The van der Waals surface area contributed by atoms with Crippen molar-refractivity contribution in [3.05, 3.63) is 59.2 Å². The summed E-state index contributed by atoms with van der Waals surface area (Å²) in [6, 6.07) is 13.9. The first kappa shape index (κ1) is 19.2. The lowest BCUT2D eigenvalue weighted by Crippen LogP contribution is -2.37. The van der Waals surface area contributed by atoms with Crippen LogP contribution in [0.15, 0.2) is 42.5 Å². The van der Waals surface area contributed by atoms with Crippen LogP contribution in [0.2, 0.25) is 0 Å². The van der Waals surface area contributed by atoms with Crippen molar-refractivity contribution >= 4 is 17.3 Å². The minimum Gasteiger partial charge on any atom is -0.478 e. The number of nitrogens with one attached hydrogen (secondary N) is 1. The monoisotopic (exact) mass is 368 g/mol. The molecule has 5 nitrogen and oxygen atoms in total. The molecule has 27 heavy (non-hydrogen) atoms. The first-order chi connectivity index (χ1) is 13.2. The van der Waals surface area contributed by atoms with Crippen LogP contribution in [0.3, 0.4) is 0 Å². The van der Waals surface area contributed by atoms with Gasteiger partial charge < -0.3 is 20.1 Å². The summed E-state index contributed by atoms with van der Waals surface area (Å²) in [4.78, 5) is 14.0. The number of carbonyl (C=O) groups is 1. The molecular formula is C22H28N2O3. The summed E-state index contributed by atoms with van der Waals surface area (Å²) in [7, 11) is 0. The molecule has 0 unspecified atom stereocenters. The van der Waals surface area contributed by atoms with E-state index in [1.54, 1.807) is 6.07 Å². The van der Waals surface area contributed by atoms with E-state index in [0.29, 0.717) is 18.8 Å². The van der Waals surface area contributed by atoms with Crippen LogP contribution in [0.1, 0.15) is 41.3 Å². The highest BCUT2D eigenvalue weighted by molar-refractivity contribution is 5.91. The van der Waals surface area contributed by atoms with Crippen LogP contribution in [0.25, 0.3) is 0 Å². The van der Waals surface area contributed by atoms with E-state index in [1.165, 1.54) is 5.56 Å². The third kappa shape index (κ3) is 5.01. The Morgan fingerprint density at radius 2 is 1.93 bits per heavy atom. The molecule has 0 aromatic heterocycles. The third-order valence-corrected chi connectivity index (χ3v) is 4.89. The van der Waals surface area contributed by atoms with Crippen molar-refractivity contribution in [2.45, 2.75) is 26.2 Å². The first-order valence-corrected chi connectivity index (χ1v) is 9.69. The van der Waals surface area contributed by atoms with Gasteiger partial charge in [-0.25, -0.2) is 4.79 Å². The number of benzene rings is 2. The molecule has 2 aromatic rings. The number of morpholine rings is 1. The molecule has 1 heterocycles. The Bertz CT molecular complexity index is 756. The molecule has 0 radical (unpaired) electrons. The van der Waals surface area contributed by atoms with E-state index in [1.807, 2.05) is 24.3 Å². The number of hydrogen-bond acceptors (Lipinski definition) is 4. The van der Waals surface area contributed by atoms with Crippen LogP contribution in [0.4, 0.5) is 11.4 Å². The zero-order valence-corrected chi connectivity index (χ0v) is 15.9. The van der Waals surface area contributed by atoms with Gasteiger partial charge in [-0.15, -0.1) is 0 Å². The van der Waals surface area contributed by atoms with E-state index in [0.717, 1.165) is 55.8 Å².